The van der Waals surface area contributed by atoms with Gasteiger partial charge >= 0.3 is 23.9 Å². The van der Waals surface area contributed by atoms with E-state index in [1.165, 1.54) is 0 Å². The summed E-state index contributed by atoms with van der Waals surface area (Å²) in [6, 6.07) is 0. The highest BCUT2D eigenvalue weighted by atomic mass is 35.5. The van der Waals surface area contributed by atoms with Crippen LogP contribution >= 0.6 is 35.0 Å². The van der Waals surface area contributed by atoms with Gasteiger partial charge in [-0.3, -0.25) is 28.8 Å². The molecule has 0 saturated carbocycles. The Hall–Kier alpha value is -1.82. The van der Waals surface area contributed by atoms with E-state index in [1.807, 2.05) is 0 Å². The fraction of sp³-hybridized carbons (Fsp3) is 0.688. The maximum Gasteiger partial charge on any atom is 0.303 e. The summed E-state index contributed by atoms with van der Waals surface area (Å²) in [4.78, 5) is 60.1. The van der Waals surface area contributed by atoms with Crippen molar-refractivity contribution in [3.05, 3.63) is 0 Å². The van der Waals surface area contributed by atoms with Crippen LogP contribution in [0.1, 0.15) is 27.7 Å². The maximum absolute atomic E-state index is 12.1. The average molecular weight is 493 g/mol. The van der Waals surface area contributed by atoms with Gasteiger partial charge in [0.25, 0.3) is 5.91 Å². The van der Waals surface area contributed by atoms with E-state index in [-0.39, 0.29) is 0 Å². The molecule has 1 unspecified atom stereocenters. The van der Waals surface area contributed by atoms with E-state index in [2.05, 4.69) is 0 Å². The number of amides is 1. The van der Waals surface area contributed by atoms with Crippen LogP contribution in [0, 0.1) is 0 Å². The molecule has 30 heavy (non-hydrogen) atoms. The number of nitrogens with one attached hydrogen (secondary N) is 1. The molecule has 170 valence electrons. The van der Waals surface area contributed by atoms with Gasteiger partial charge in [0.1, 0.15) is 18.8 Å². The Labute approximate surface area is 186 Å². The maximum atomic E-state index is 12.1. The molecule has 14 heteroatoms. The van der Waals surface area contributed by atoms with E-state index in [0.29, 0.717) is 0 Å². The number of carbonyl (C=O) groups excluding carboxylic acids is 5. The third-order valence-corrected chi connectivity index (χ3v) is 4.68. The predicted molar refractivity (Wildman–Crippen MR) is 100 cm³/mol. The SMILES string of the molecule is CC(=O)OC[C@H]1OC(C(Cl)(Cl)C(=O)NCl)[C@H](OC(C)=O)[C@@H](OC(C)=O)[C@@H]1OC(C)=O. The Kier molecular flexibility index (Phi) is 9.60. The minimum absolute atomic E-state index is 0.499. The van der Waals surface area contributed by atoms with Crippen LogP contribution < -0.4 is 4.84 Å². The lowest BCUT2D eigenvalue weighted by Crippen LogP contribution is -2.67. The summed E-state index contributed by atoms with van der Waals surface area (Å²) in [5.74, 6) is -4.38. The summed E-state index contributed by atoms with van der Waals surface area (Å²) in [5.41, 5.74) is 0. The molecule has 1 saturated heterocycles. The van der Waals surface area contributed by atoms with Gasteiger partial charge in [0.05, 0.1) is 0 Å². The van der Waals surface area contributed by atoms with Crippen molar-refractivity contribution in [3.63, 3.8) is 0 Å². The molecule has 5 atom stereocenters. The minimum Gasteiger partial charge on any atom is -0.463 e. The molecule has 1 rings (SSSR count). The van der Waals surface area contributed by atoms with Crippen LogP contribution in [0.3, 0.4) is 0 Å². The topological polar surface area (TPSA) is 144 Å². The monoisotopic (exact) mass is 491 g/mol. The fourth-order valence-corrected chi connectivity index (χ4v) is 3.40. The second-order valence-electron chi connectivity index (χ2n) is 6.17. The van der Waals surface area contributed by atoms with Gasteiger partial charge in [-0.2, -0.15) is 0 Å². The number of hydrogen-bond acceptors (Lipinski definition) is 10. The molecule has 1 amide bonds. The molecule has 0 aromatic carbocycles. The second kappa shape index (κ2) is 11.0. The number of ether oxygens (including phenoxy) is 5. The molecule has 11 nitrogen and oxygen atoms in total. The lowest BCUT2D eigenvalue weighted by atomic mass is 9.92. The van der Waals surface area contributed by atoms with Crippen molar-refractivity contribution >= 4 is 64.8 Å². The summed E-state index contributed by atoms with van der Waals surface area (Å²) >= 11 is 17.6. The van der Waals surface area contributed by atoms with Crippen molar-refractivity contribution in [3.8, 4) is 0 Å². The van der Waals surface area contributed by atoms with Crippen molar-refractivity contribution in [1.29, 1.82) is 0 Å². The molecular weight excluding hydrogens is 473 g/mol. The summed E-state index contributed by atoms with van der Waals surface area (Å²) in [7, 11) is 0. The van der Waals surface area contributed by atoms with Gasteiger partial charge in [0.2, 0.25) is 4.33 Å². The number of alkyl halides is 2. The highest BCUT2D eigenvalue weighted by Gasteiger charge is 2.60. The number of halogens is 3. The Morgan fingerprint density at radius 2 is 1.30 bits per heavy atom. The van der Waals surface area contributed by atoms with Crippen molar-refractivity contribution < 1.29 is 47.7 Å². The Balaban J connectivity index is 3.52. The van der Waals surface area contributed by atoms with Crippen LogP contribution in [0.25, 0.3) is 0 Å². The molecule has 0 spiro atoms. The highest BCUT2D eigenvalue weighted by molar-refractivity contribution is 6.59. The fourth-order valence-electron chi connectivity index (χ4n) is 2.71. The molecule has 0 bridgehead atoms. The lowest BCUT2D eigenvalue weighted by Gasteiger charge is -2.46. The molecule has 1 N–H and O–H groups in total. The minimum atomic E-state index is -2.46. The first-order valence-electron chi connectivity index (χ1n) is 8.40. The first kappa shape index (κ1) is 26.2. The molecule has 0 aromatic rings. The van der Waals surface area contributed by atoms with Crippen molar-refractivity contribution in [2.24, 2.45) is 0 Å². The van der Waals surface area contributed by atoms with Crippen LogP contribution in [0.5, 0.6) is 0 Å². The van der Waals surface area contributed by atoms with E-state index >= 15 is 0 Å². The van der Waals surface area contributed by atoms with Gasteiger partial charge in [-0.05, 0) is 0 Å². The lowest BCUT2D eigenvalue weighted by molar-refractivity contribution is -0.253. The first-order valence-corrected chi connectivity index (χ1v) is 9.54. The van der Waals surface area contributed by atoms with Crippen molar-refractivity contribution in [2.75, 3.05) is 6.61 Å². The van der Waals surface area contributed by atoms with E-state index in [9.17, 15) is 24.0 Å². The van der Waals surface area contributed by atoms with Crippen LogP contribution in [-0.4, -0.2) is 71.2 Å². The van der Waals surface area contributed by atoms with E-state index in [4.69, 9.17) is 58.7 Å². The zero-order chi connectivity index (χ0) is 23.2. The predicted octanol–water partition coefficient (Wildman–Crippen LogP) is 0.556. The Morgan fingerprint density at radius 3 is 1.73 bits per heavy atom. The normalized spacial score (nSPS) is 26.2. The largest absolute Gasteiger partial charge is 0.463 e. The second-order valence-corrected chi connectivity index (χ2v) is 7.74. The van der Waals surface area contributed by atoms with E-state index in [1.54, 1.807) is 4.84 Å². The summed E-state index contributed by atoms with van der Waals surface area (Å²) in [6.07, 6.45) is -7.52. The summed E-state index contributed by atoms with van der Waals surface area (Å²) < 4.78 is 23.6. The van der Waals surface area contributed by atoms with Gasteiger partial charge in [-0.15, -0.1) is 0 Å². The first-order chi connectivity index (χ1) is 13.8. The zero-order valence-electron chi connectivity index (χ0n) is 16.3. The molecule has 1 aliphatic rings. The highest BCUT2D eigenvalue weighted by Crippen LogP contribution is 2.39. The smallest absolute Gasteiger partial charge is 0.303 e. The zero-order valence-corrected chi connectivity index (χ0v) is 18.6. The van der Waals surface area contributed by atoms with Crippen LogP contribution in [0.2, 0.25) is 0 Å². The van der Waals surface area contributed by atoms with Crippen molar-refractivity contribution in [1.82, 2.24) is 4.84 Å². The molecule has 0 aliphatic carbocycles. The molecule has 0 radical (unpaired) electrons. The molecule has 0 aromatic heterocycles. The average Bonchev–Trinajstić information content (AvgIpc) is 2.61. The number of hydrogen-bond donors (Lipinski definition) is 1. The van der Waals surface area contributed by atoms with Crippen LogP contribution in [-0.2, 0) is 47.7 Å². The van der Waals surface area contributed by atoms with Crippen LogP contribution in [0.4, 0.5) is 0 Å². The Bertz CT molecular complexity index is 701. The molecule has 1 heterocycles. The van der Waals surface area contributed by atoms with E-state index in [0.717, 1.165) is 27.7 Å². The quantitative estimate of drug-likeness (QED) is 0.232. The van der Waals surface area contributed by atoms with Crippen molar-refractivity contribution in [2.45, 2.75) is 62.5 Å². The third-order valence-electron chi connectivity index (χ3n) is 3.74. The molecule has 1 aliphatic heterocycles. The summed E-state index contributed by atoms with van der Waals surface area (Å²) in [5, 5.41) is 0. The third kappa shape index (κ3) is 6.86. The number of carbonyl (C=O) groups is 5. The molecule has 1 fully saturated rings. The van der Waals surface area contributed by atoms with Gasteiger partial charge in [0, 0.05) is 39.5 Å². The summed E-state index contributed by atoms with van der Waals surface area (Å²) in [6.45, 7) is 3.75. The van der Waals surface area contributed by atoms with Gasteiger partial charge in [-0.25, -0.2) is 0 Å². The van der Waals surface area contributed by atoms with Gasteiger partial charge < -0.3 is 23.7 Å². The van der Waals surface area contributed by atoms with E-state index < -0.39 is 71.2 Å². The Morgan fingerprint density at radius 1 is 0.833 bits per heavy atom. The molecular formula is C16H20Cl3NO10. The van der Waals surface area contributed by atoms with Gasteiger partial charge in [0.15, 0.2) is 18.3 Å². The van der Waals surface area contributed by atoms with Gasteiger partial charge in [-0.1, -0.05) is 23.2 Å². The number of rotatable bonds is 7. The van der Waals surface area contributed by atoms with Crippen LogP contribution in [0.15, 0.2) is 0 Å². The standard InChI is InChI=1S/C16H20Cl3NO10/c1-6(21)26-5-10-11(27-7(2)22)12(28-8(3)23)13(29-9(4)24)14(30-10)16(17,18)15(25)20-19/h10-14H,5H2,1-4H3,(H,20,25)/t10-,11-,12+,13-,14?/m1/s1. The number of esters is 4.